The smallest absolute Gasteiger partial charge is 0.245 e. The van der Waals surface area contributed by atoms with Gasteiger partial charge in [-0.05, 0) is 76.8 Å². The molecule has 1 saturated heterocycles. The van der Waals surface area contributed by atoms with Crippen molar-refractivity contribution in [3.63, 3.8) is 0 Å². The highest BCUT2D eigenvalue weighted by molar-refractivity contribution is 7.89. The molecule has 0 spiro atoms. The highest BCUT2D eigenvalue weighted by Crippen LogP contribution is 2.30. The van der Waals surface area contributed by atoms with Gasteiger partial charge in [0.25, 0.3) is 0 Å². The molecule has 0 atom stereocenters. The van der Waals surface area contributed by atoms with E-state index < -0.39 is 10.0 Å². The predicted octanol–water partition coefficient (Wildman–Crippen LogP) is 4.02. The van der Waals surface area contributed by atoms with Crippen molar-refractivity contribution in [2.24, 2.45) is 5.92 Å². The fourth-order valence-electron chi connectivity index (χ4n) is 5.27. The molecule has 8 heteroatoms. The van der Waals surface area contributed by atoms with E-state index in [1.165, 1.54) is 23.6 Å². The first-order valence-electron chi connectivity index (χ1n) is 13.1. The van der Waals surface area contributed by atoms with Crippen LogP contribution < -0.4 is 5.32 Å². The number of hydrogen-bond acceptors (Lipinski definition) is 5. The molecule has 3 rings (SSSR count). The zero-order valence-electron chi connectivity index (χ0n) is 21.3. The predicted molar refractivity (Wildman–Crippen MR) is 138 cm³/mol. The first-order valence-corrected chi connectivity index (χ1v) is 14.5. The van der Waals surface area contributed by atoms with Gasteiger partial charge < -0.3 is 10.2 Å². The Labute approximate surface area is 206 Å². The van der Waals surface area contributed by atoms with Crippen LogP contribution >= 0.6 is 0 Å². The highest BCUT2D eigenvalue weighted by atomic mass is 32.2. The molecule has 1 saturated carbocycles. The van der Waals surface area contributed by atoms with E-state index in [0.717, 1.165) is 64.7 Å². The number of amides is 1. The third-order valence-electron chi connectivity index (χ3n) is 7.44. The summed E-state index contributed by atoms with van der Waals surface area (Å²) in [6.45, 7) is 6.61. The number of carbonyl (C=O) groups is 1. The van der Waals surface area contributed by atoms with Gasteiger partial charge >= 0.3 is 0 Å². The van der Waals surface area contributed by atoms with Crippen molar-refractivity contribution < 1.29 is 13.2 Å². The van der Waals surface area contributed by atoms with Crippen molar-refractivity contribution in [2.45, 2.75) is 75.6 Å². The van der Waals surface area contributed by atoms with E-state index in [2.05, 4.69) is 29.1 Å². The summed E-state index contributed by atoms with van der Waals surface area (Å²) in [5, 5.41) is 2.89. The van der Waals surface area contributed by atoms with Crippen molar-refractivity contribution in [3.8, 4) is 0 Å². The summed E-state index contributed by atoms with van der Waals surface area (Å²) in [7, 11) is 0.202. The average molecular weight is 493 g/mol. The van der Waals surface area contributed by atoms with Gasteiger partial charge in [-0.25, -0.2) is 8.42 Å². The van der Waals surface area contributed by atoms with E-state index in [9.17, 15) is 13.2 Å². The average Bonchev–Trinajstić information content (AvgIpc) is 2.84. The Bertz CT molecular complexity index is 878. The lowest BCUT2D eigenvalue weighted by molar-refractivity contribution is -0.117. The summed E-state index contributed by atoms with van der Waals surface area (Å²) in [4.78, 5) is 17.6. The van der Waals surface area contributed by atoms with Gasteiger partial charge in [0.1, 0.15) is 4.90 Å². The van der Waals surface area contributed by atoms with Gasteiger partial charge in [-0.15, -0.1) is 0 Å². The van der Waals surface area contributed by atoms with Crippen molar-refractivity contribution in [2.75, 3.05) is 52.1 Å². The fraction of sp³-hybridized carbons (Fsp3) is 0.731. The molecule has 0 bridgehead atoms. The van der Waals surface area contributed by atoms with E-state index in [0.29, 0.717) is 18.2 Å². The van der Waals surface area contributed by atoms with Gasteiger partial charge in [-0.1, -0.05) is 44.7 Å². The number of para-hydroxylation sites is 1. The number of carbonyl (C=O) groups excluding carboxylic acids is 1. The van der Waals surface area contributed by atoms with Gasteiger partial charge in [-0.2, -0.15) is 4.31 Å². The molecule has 1 N–H and O–H groups in total. The maximum atomic E-state index is 13.4. The molecule has 1 aliphatic heterocycles. The number of piperidine rings is 1. The minimum Gasteiger partial charge on any atom is -0.324 e. The van der Waals surface area contributed by atoms with E-state index in [1.54, 1.807) is 31.3 Å². The Kier molecular flexibility index (Phi) is 10.4. The molecular formula is C26H44N4O3S. The second-order valence-corrected chi connectivity index (χ2v) is 12.2. The number of sulfonamides is 1. The number of likely N-dealkylation sites (tertiary alicyclic amines) is 1. The Morgan fingerprint density at radius 1 is 1.06 bits per heavy atom. The van der Waals surface area contributed by atoms with E-state index >= 15 is 0 Å². The lowest BCUT2D eigenvalue weighted by atomic mass is 9.96. The van der Waals surface area contributed by atoms with Crippen molar-refractivity contribution in [1.29, 1.82) is 0 Å². The van der Waals surface area contributed by atoms with E-state index in [1.807, 2.05) is 0 Å². The van der Waals surface area contributed by atoms with Crippen LogP contribution in [0.5, 0.6) is 0 Å². The van der Waals surface area contributed by atoms with Crippen LogP contribution in [-0.4, -0.2) is 81.3 Å². The number of nitrogens with one attached hydrogen (secondary N) is 1. The minimum atomic E-state index is -3.67. The van der Waals surface area contributed by atoms with Gasteiger partial charge in [0.15, 0.2) is 0 Å². The summed E-state index contributed by atoms with van der Waals surface area (Å²) < 4.78 is 28.3. The second-order valence-electron chi connectivity index (χ2n) is 10.2. The van der Waals surface area contributed by atoms with E-state index in [4.69, 9.17) is 0 Å². The number of unbranched alkanes of at least 4 members (excludes halogenated alkanes) is 1. The van der Waals surface area contributed by atoms with Crippen LogP contribution in [0.25, 0.3) is 0 Å². The van der Waals surface area contributed by atoms with Crippen LogP contribution in [0, 0.1) is 5.92 Å². The molecule has 34 heavy (non-hydrogen) atoms. The number of rotatable bonds is 11. The van der Waals surface area contributed by atoms with Gasteiger partial charge in [0, 0.05) is 19.6 Å². The molecule has 2 aliphatic rings. The third kappa shape index (κ3) is 7.51. The van der Waals surface area contributed by atoms with Crippen LogP contribution in [0.3, 0.4) is 0 Å². The summed E-state index contributed by atoms with van der Waals surface area (Å²) in [5.74, 6) is 0.531. The SMILES string of the molecule is CCCCN(C)CC1CCN(CC(=O)Nc2ccccc2S(=O)(=O)N(C)C2CCCCC2)CC1. The van der Waals surface area contributed by atoms with Gasteiger partial charge in [0.2, 0.25) is 15.9 Å². The molecule has 1 heterocycles. The summed E-state index contributed by atoms with van der Waals surface area (Å²) in [6, 6.07) is 6.82. The lowest BCUT2D eigenvalue weighted by Crippen LogP contribution is -2.42. The fourth-order valence-corrected chi connectivity index (χ4v) is 6.83. The molecule has 1 aromatic carbocycles. The zero-order chi connectivity index (χ0) is 24.6. The summed E-state index contributed by atoms with van der Waals surface area (Å²) in [6.07, 6.45) is 9.75. The number of nitrogens with zero attached hydrogens (tertiary/aromatic N) is 3. The van der Waals surface area contributed by atoms with Crippen molar-refractivity contribution in [1.82, 2.24) is 14.1 Å². The number of benzene rings is 1. The van der Waals surface area contributed by atoms with Crippen LogP contribution in [0.15, 0.2) is 29.2 Å². The first-order chi connectivity index (χ1) is 16.3. The first kappa shape index (κ1) is 27.1. The zero-order valence-corrected chi connectivity index (χ0v) is 22.2. The van der Waals surface area contributed by atoms with Crippen molar-refractivity contribution in [3.05, 3.63) is 24.3 Å². The topological polar surface area (TPSA) is 73.0 Å². The molecular weight excluding hydrogens is 448 g/mol. The standard InChI is InChI=1S/C26H44N4O3S/c1-4-5-17-28(2)20-22-15-18-30(19-16-22)21-26(31)27-24-13-9-10-14-25(24)34(32,33)29(3)23-11-7-6-8-12-23/h9-10,13-14,22-23H,4-8,11-12,15-21H2,1-3H3,(H,27,31). The second kappa shape index (κ2) is 13.0. The molecule has 192 valence electrons. The number of anilines is 1. The maximum Gasteiger partial charge on any atom is 0.245 e. The largest absolute Gasteiger partial charge is 0.324 e. The third-order valence-corrected chi connectivity index (χ3v) is 9.41. The van der Waals surface area contributed by atoms with Crippen LogP contribution in [0.2, 0.25) is 0 Å². The molecule has 1 aromatic rings. The number of hydrogen-bond donors (Lipinski definition) is 1. The monoisotopic (exact) mass is 492 g/mol. The molecule has 1 aliphatic carbocycles. The Hall–Kier alpha value is -1.48. The normalized spacial score (nSPS) is 19.1. The quantitative estimate of drug-likeness (QED) is 0.505. The molecule has 7 nitrogen and oxygen atoms in total. The molecule has 0 unspecified atom stereocenters. The van der Waals surface area contributed by atoms with Crippen LogP contribution in [0.1, 0.15) is 64.7 Å². The Morgan fingerprint density at radius 3 is 2.41 bits per heavy atom. The molecule has 2 fully saturated rings. The molecule has 1 amide bonds. The van der Waals surface area contributed by atoms with Crippen molar-refractivity contribution >= 4 is 21.6 Å². The summed E-state index contributed by atoms with van der Waals surface area (Å²) >= 11 is 0. The highest BCUT2D eigenvalue weighted by Gasteiger charge is 2.31. The maximum absolute atomic E-state index is 13.4. The van der Waals surface area contributed by atoms with Crippen LogP contribution in [0.4, 0.5) is 5.69 Å². The Morgan fingerprint density at radius 2 is 1.74 bits per heavy atom. The molecule has 0 aromatic heterocycles. The summed E-state index contributed by atoms with van der Waals surface area (Å²) in [5.41, 5.74) is 0.377. The minimum absolute atomic E-state index is 0.0322. The van der Waals surface area contributed by atoms with E-state index in [-0.39, 0.29) is 16.8 Å². The van der Waals surface area contributed by atoms with Gasteiger partial charge in [0.05, 0.1) is 12.2 Å². The van der Waals surface area contributed by atoms with Gasteiger partial charge in [-0.3, -0.25) is 9.69 Å². The molecule has 0 radical (unpaired) electrons. The Balaban J connectivity index is 1.54. The van der Waals surface area contributed by atoms with Crippen LogP contribution in [-0.2, 0) is 14.8 Å². The lowest BCUT2D eigenvalue weighted by Gasteiger charge is -2.33.